The zero-order chi connectivity index (χ0) is 24.1. The molecule has 1 amide bonds. The second-order valence-electron chi connectivity index (χ2n) is 7.25. The van der Waals surface area contributed by atoms with Crippen LogP contribution in [0.3, 0.4) is 0 Å². The summed E-state index contributed by atoms with van der Waals surface area (Å²) in [4.78, 5) is 25.8. The predicted molar refractivity (Wildman–Crippen MR) is 131 cm³/mol. The molecule has 0 atom stereocenters. The summed E-state index contributed by atoms with van der Waals surface area (Å²) in [6.07, 6.45) is 0. The molecule has 0 aliphatic carbocycles. The molecule has 4 aromatic rings. The lowest BCUT2D eigenvalue weighted by Gasteiger charge is -2.12. The quantitative estimate of drug-likeness (QED) is 0.357. The molecule has 1 aromatic heterocycles. The third kappa shape index (κ3) is 5.15. The molecule has 34 heavy (non-hydrogen) atoms. The summed E-state index contributed by atoms with van der Waals surface area (Å²) in [5.74, 6) is 1.04. The first-order valence-corrected chi connectivity index (χ1v) is 10.9. The highest BCUT2D eigenvalue weighted by atomic mass is 35.5. The van der Waals surface area contributed by atoms with E-state index in [4.69, 9.17) is 30.2 Å². The number of methoxy groups -OCH3 is 1. The summed E-state index contributed by atoms with van der Waals surface area (Å²) in [6.45, 7) is 2.05. The van der Waals surface area contributed by atoms with E-state index in [1.54, 1.807) is 67.8 Å². The molecular weight excluding hydrogens is 458 g/mol. The Hall–Kier alpha value is -3.97. The van der Waals surface area contributed by atoms with Crippen molar-refractivity contribution in [2.45, 2.75) is 6.92 Å². The van der Waals surface area contributed by atoms with Crippen molar-refractivity contribution in [3.8, 4) is 28.6 Å². The number of nitrogens with one attached hydrogen (secondary N) is 1. The van der Waals surface area contributed by atoms with Crippen LogP contribution in [0.4, 0.5) is 5.69 Å². The fourth-order valence-electron chi connectivity index (χ4n) is 3.35. The molecule has 0 spiro atoms. The van der Waals surface area contributed by atoms with Gasteiger partial charge in [-0.1, -0.05) is 11.6 Å². The summed E-state index contributed by atoms with van der Waals surface area (Å²) >= 11 is 6.07. The first kappa shape index (κ1) is 23.2. The van der Waals surface area contributed by atoms with E-state index in [1.165, 1.54) is 6.07 Å². The van der Waals surface area contributed by atoms with Gasteiger partial charge in [-0.25, -0.2) is 0 Å². The predicted octanol–water partition coefficient (Wildman–Crippen LogP) is 5.54. The van der Waals surface area contributed by atoms with Gasteiger partial charge in [-0.15, -0.1) is 0 Å². The minimum Gasteiger partial charge on any atom is -0.497 e. The molecule has 0 saturated carbocycles. The average molecular weight is 480 g/mol. The van der Waals surface area contributed by atoms with Crippen molar-refractivity contribution in [1.29, 1.82) is 0 Å². The molecule has 0 saturated heterocycles. The minimum atomic E-state index is -0.435. The molecule has 1 heterocycles. The number of benzene rings is 3. The molecule has 3 aromatic carbocycles. The lowest BCUT2D eigenvalue weighted by Crippen LogP contribution is -2.22. The number of hydrogen-bond donors (Lipinski definition) is 1. The van der Waals surface area contributed by atoms with Crippen molar-refractivity contribution in [3.05, 3.63) is 82.0 Å². The summed E-state index contributed by atoms with van der Waals surface area (Å²) in [5, 5.41) is 3.37. The van der Waals surface area contributed by atoms with E-state index in [9.17, 15) is 9.59 Å². The third-order valence-corrected chi connectivity index (χ3v) is 5.19. The molecule has 7 nitrogen and oxygen atoms in total. The van der Waals surface area contributed by atoms with Gasteiger partial charge in [-0.2, -0.15) is 0 Å². The van der Waals surface area contributed by atoms with Crippen LogP contribution >= 0.6 is 11.6 Å². The van der Waals surface area contributed by atoms with Crippen LogP contribution < -0.4 is 25.0 Å². The maximum Gasteiger partial charge on any atom is 0.262 e. The maximum absolute atomic E-state index is 13.3. The van der Waals surface area contributed by atoms with Crippen LogP contribution in [-0.2, 0) is 4.79 Å². The maximum atomic E-state index is 13.3. The van der Waals surface area contributed by atoms with Crippen molar-refractivity contribution in [2.24, 2.45) is 0 Å². The molecule has 0 aliphatic rings. The molecule has 0 bridgehead atoms. The highest BCUT2D eigenvalue weighted by Crippen LogP contribution is 2.32. The van der Waals surface area contributed by atoms with Crippen molar-refractivity contribution >= 4 is 34.2 Å². The van der Waals surface area contributed by atoms with Crippen molar-refractivity contribution < 1.29 is 23.4 Å². The Kier molecular flexibility index (Phi) is 7.04. The zero-order valence-electron chi connectivity index (χ0n) is 18.6. The molecule has 0 fully saturated rings. The number of carbonyl (C=O) groups excluding carboxylic acids is 1. The van der Waals surface area contributed by atoms with E-state index < -0.39 is 17.9 Å². The molecule has 8 heteroatoms. The van der Waals surface area contributed by atoms with E-state index in [0.717, 1.165) is 0 Å². The zero-order valence-corrected chi connectivity index (χ0v) is 19.3. The van der Waals surface area contributed by atoms with E-state index in [1.807, 2.05) is 6.92 Å². The Morgan fingerprint density at radius 1 is 0.971 bits per heavy atom. The fraction of sp³-hybridized carbons (Fsp3) is 0.154. The number of fused-ring (bicyclic) bond motifs is 1. The van der Waals surface area contributed by atoms with E-state index in [-0.39, 0.29) is 16.9 Å². The normalized spacial score (nSPS) is 10.7. The molecule has 0 unspecified atom stereocenters. The van der Waals surface area contributed by atoms with Gasteiger partial charge in [0.1, 0.15) is 17.1 Å². The Morgan fingerprint density at radius 3 is 2.35 bits per heavy atom. The highest BCUT2D eigenvalue weighted by Gasteiger charge is 2.19. The van der Waals surface area contributed by atoms with Crippen LogP contribution in [0.15, 0.2) is 75.9 Å². The Bertz CT molecular complexity index is 1360. The van der Waals surface area contributed by atoms with Gasteiger partial charge < -0.3 is 23.9 Å². The van der Waals surface area contributed by atoms with Crippen molar-refractivity contribution in [2.75, 3.05) is 25.6 Å². The van der Waals surface area contributed by atoms with Crippen molar-refractivity contribution in [3.63, 3.8) is 0 Å². The van der Waals surface area contributed by atoms with Crippen LogP contribution in [0.25, 0.3) is 22.3 Å². The minimum absolute atomic E-state index is 0.0817. The van der Waals surface area contributed by atoms with Crippen LogP contribution in [0.1, 0.15) is 6.92 Å². The number of ether oxygens (including phenoxy) is 3. The number of hydrogen-bond acceptors (Lipinski definition) is 6. The lowest BCUT2D eigenvalue weighted by atomic mass is 10.1. The molecular formula is C26H22ClNO6. The van der Waals surface area contributed by atoms with Gasteiger partial charge in [-0.05, 0) is 73.7 Å². The highest BCUT2D eigenvalue weighted by molar-refractivity contribution is 6.31. The van der Waals surface area contributed by atoms with Gasteiger partial charge >= 0.3 is 0 Å². The van der Waals surface area contributed by atoms with Crippen LogP contribution in [0, 0.1) is 0 Å². The Labute approximate surface area is 200 Å². The number of anilines is 1. The summed E-state index contributed by atoms with van der Waals surface area (Å²) < 4.78 is 22.3. The first-order valence-electron chi connectivity index (χ1n) is 10.5. The van der Waals surface area contributed by atoms with Gasteiger partial charge in [0, 0.05) is 16.3 Å². The lowest BCUT2D eigenvalue weighted by molar-refractivity contribution is -0.118. The molecule has 174 valence electrons. The second kappa shape index (κ2) is 10.3. The first-order chi connectivity index (χ1) is 16.5. The Morgan fingerprint density at radius 2 is 1.68 bits per heavy atom. The topological polar surface area (TPSA) is 87.0 Å². The van der Waals surface area contributed by atoms with E-state index in [0.29, 0.717) is 40.0 Å². The average Bonchev–Trinajstić information content (AvgIpc) is 2.85. The van der Waals surface area contributed by atoms with E-state index in [2.05, 4.69) is 5.32 Å². The number of amides is 1. The molecule has 0 aliphatic heterocycles. The largest absolute Gasteiger partial charge is 0.497 e. The Balaban J connectivity index is 1.62. The smallest absolute Gasteiger partial charge is 0.262 e. The number of rotatable bonds is 8. The fourth-order valence-corrected chi connectivity index (χ4v) is 3.52. The van der Waals surface area contributed by atoms with Gasteiger partial charge in [-0.3, -0.25) is 9.59 Å². The summed E-state index contributed by atoms with van der Waals surface area (Å²) in [6, 6.07) is 18.7. The monoisotopic (exact) mass is 479 g/mol. The second-order valence-corrected chi connectivity index (χ2v) is 7.69. The standard InChI is InChI=1S/C26H22ClNO6/c1-3-32-20-11-7-18(8-12-20)28-23(29)15-33-26-24(30)21-14-17(27)6-13-22(21)34-25(26)16-4-9-19(31-2)10-5-16/h4-14H,3,15H2,1-2H3,(H,28,29). The molecule has 0 radical (unpaired) electrons. The number of halogens is 1. The molecule has 1 N–H and O–H groups in total. The van der Waals surface area contributed by atoms with Crippen LogP contribution in [0.5, 0.6) is 17.2 Å². The SMILES string of the molecule is CCOc1ccc(NC(=O)COc2c(-c3ccc(OC)cc3)oc3ccc(Cl)cc3c2=O)cc1. The summed E-state index contributed by atoms with van der Waals surface area (Å²) in [5.41, 5.74) is 1.09. The van der Waals surface area contributed by atoms with E-state index >= 15 is 0 Å². The van der Waals surface area contributed by atoms with Crippen LogP contribution in [0.2, 0.25) is 5.02 Å². The molecule has 4 rings (SSSR count). The van der Waals surface area contributed by atoms with Gasteiger partial charge in [0.2, 0.25) is 11.2 Å². The third-order valence-electron chi connectivity index (χ3n) is 4.96. The van der Waals surface area contributed by atoms with Crippen LogP contribution in [-0.4, -0.2) is 26.2 Å². The number of carbonyl (C=O) groups is 1. The van der Waals surface area contributed by atoms with Gasteiger partial charge in [0.05, 0.1) is 19.1 Å². The van der Waals surface area contributed by atoms with Gasteiger partial charge in [0.15, 0.2) is 12.4 Å². The van der Waals surface area contributed by atoms with Crippen molar-refractivity contribution in [1.82, 2.24) is 0 Å². The summed E-state index contributed by atoms with van der Waals surface area (Å²) in [7, 11) is 1.56. The van der Waals surface area contributed by atoms with Gasteiger partial charge in [0.25, 0.3) is 5.91 Å².